The van der Waals surface area contributed by atoms with Crippen molar-refractivity contribution in [3.8, 4) is 0 Å². The normalized spacial score (nSPS) is 15.4. The van der Waals surface area contributed by atoms with E-state index >= 15 is 0 Å². The molecule has 2 N–H and O–H groups in total. The summed E-state index contributed by atoms with van der Waals surface area (Å²) in [6, 6.07) is 4.10. The molecule has 0 spiro atoms. The number of hydroxylamine groups is 1. The van der Waals surface area contributed by atoms with Gasteiger partial charge in [0.05, 0.1) is 29.9 Å². The molecule has 1 fully saturated rings. The summed E-state index contributed by atoms with van der Waals surface area (Å²) in [5, 5.41) is 3.30. The molecule has 1 heterocycles. The summed E-state index contributed by atoms with van der Waals surface area (Å²) in [5.74, 6) is -1.01. The molecule has 0 aromatic heterocycles. The van der Waals surface area contributed by atoms with Crippen LogP contribution in [0.3, 0.4) is 0 Å². The maximum absolute atomic E-state index is 12.5. The van der Waals surface area contributed by atoms with Gasteiger partial charge >= 0.3 is 0 Å². The van der Waals surface area contributed by atoms with E-state index in [1.54, 1.807) is 39.0 Å². The second kappa shape index (κ2) is 7.67. The fourth-order valence-electron chi connectivity index (χ4n) is 2.46. The zero-order chi connectivity index (χ0) is 18.7. The van der Waals surface area contributed by atoms with Gasteiger partial charge in [0.1, 0.15) is 6.04 Å². The second-order valence-corrected chi connectivity index (χ2v) is 6.30. The van der Waals surface area contributed by atoms with E-state index in [1.807, 2.05) is 0 Å². The van der Waals surface area contributed by atoms with Gasteiger partial charge in [0.2, 0.25) is 5.91 Å². The Morgan fingerprint density at radius 3 is 2.56 bits per heavy atom. The van der Waals surface area contributed by atoms with Gasteiger partial charge in [-0.15, -0.1) is 0 Å². The van der Waals surface area contributed by atoms with Crippen LogP contribution in [0.1, 0.15) is 27.2 Å². The van der Waals surface area contributed by atoms with Crippen LogP contribution in [0.15, 0.2) is 29.3 Å². The Balaban J connectivity index is 2.30. The van der Waals surface area contributed by atoms with E-state index in [9.17, 15) is 14.4 Å². The lowest BCUT2D eigenvalue weighted by Gasteiger charge is -2.19. The van der Waals surface area contributed by atoms with E-state index in [0.717, 1.165) is 10.5 Å². The molecular formula is C17H20ClN3O4. The third-order valence-electron chi connectivity index (χ3n) is 3.82. The van der Waals surface area contributed by atoms with Crippen molar-refractivity contribution in [2.24, 2.45) is 0 Å². The highest BCUT2D eigenvalue weighted by Crippen LogP contribution is 2.33. The number of nitrogens with zero attached hydrogens (tertiary/aromatic N) is 1. The average molecular weight is 366 g/mol. The van der Waals surface area contributed by atoms with Crippen LogP contribution < -0.4 is 15.7 Å². The van der Waals surface area contributed by atoms with Crippen molar-refractivity contribution >= 4 is 40.7 Å². The lowest BCUT2D eigenvalue weighted by Crippen LogP contribution is -2.37. The summed E-state index contributed by atoms with van der Waals surface area (Å²) in [5.41, 5.74) is 4.37. The molecule has 2 rings (SSSR count). The Bertz CT molecular complexity index is 756. The molecular weight excluding hydrogens is 346 g/mol. The minimum atomic E-state index is -0.633. The van der Waals surface area contributed by atoms with E-state index < -0.39 is 6.04 Å². The zero-order valence-electron chi connectivity index (χ0n) is 14.5. The smallest absolute Gasteiger partial charge is 0.265 e. The van der Waals surface area contributed by atoms with Crippen molar-refractivity contribution in [1.82, 2.24) is 5.48 Å². The van der Waals surface area contributed by atoms with Crippen LogP contribution in [0.2, 0.25) is 5.02 Å². The topological polar surface area (TPSA) is 87.7 Å². The second-order valence-electron chi connectivity index (χ2n) is 5.89. The predicted molar refractivity (Wildman–Crippen MR) is 95.2 cm³/mol. The molecule has 134 valence electrons. The summed E-state index contributed by atoms with van der Waals surface area (Å²) in [6.45, 7) is 5.23. The van der Waals surface area contributed by atoms with Crippen molar-refractivity contribution in [2.75, 3.05) is 17.3 Å². The number of amides is 3. The number of halogens is 1. The number of carbonyl (C=O) groups excluding carboxylic acids is 3. The summed E-state index contributed by atoms with van der Waals surface area (Å²) in [4.78, 5) is 42.2. The molecule has 1 unspecified atom stereocenters. The van der Waals surface area contributed by atoms with E-state index in [-0.39, 0.29) is 24.1 Å². The number of benzene rings is 1. The highest BCUT2D eigenvalue weighted by Gasteiger charge is 2.35. The van der Waals surface area contributed by atoms with Crippen LogP contribution in [-0.4, -0.2) is 30.9 Å². The van der Waals surface area contributed by atoms with E-state index in [1.165, 1.54) is 7.11 Å². The van der Waals surface area contributed by atoms with Gasteiger partial charge in [0.15, 0.2) is 0 Å². The Hall–Kier alpha value is -2.38. The lowest BCUT2D eigenvalue weighted by atomic mass is 10.1. The average Bonchev–Trinajstić information content (AvgIpc) is 2.85. The van der Waals surface area contributed by atoms with Crippen molar-refractivity contribution in [2.45, 2.75) is 33.2 Å². The number of hydrogen-bond acceptors (Lipinski definition) is 5. The van der Waals surface area contributed by atoms with Crippen molar-refractivity contribution < 1.29 is 19.2 Å². The minimum Gasteiger partial charge on any atom is -0.373 e. The SMILES string of the molecule is CONC(=O)C(C)Nc1cc(N2C(=O)CC(=C(C)C)C2=O)ccc1Cl. The van der Waals surface area contributed by atoms with Crippen LogP contribution in [0, 0.1) is 0 Å². The van der Waals surface area contributed by atoms with Gasteiger partial charge in [-0.3, -0.25) is 19.2 Å². The molecule has 1 saturated heterocycles. The van der Waals surface area contributed by atoms with Gasteiger partial charge in [-0.05, 0) is 39.0 Å². The number of carbonyl (C=O) groups is 3. The van der Waals surface area contributed by atoms with Crippen LogP contribution in [-0.2, 0) is 19.2 Å². The predicted octanol–water partition coefficient (Wildman–Crippen LogP) is 2.42. The maximum Gasteiger partial charge on any atom is 0.265 e. The van der Waals surface area contributed by atoms with Gasteiger partial charge < -0.3 is 5.32 Å². The minimum absolute atomic E-state index is 0.0825. The van der Waals surface area contributed by atoms with Crippen molar-refractivity contribution in [3.05, 3.63) is 34.4 Å². The highest BCUT2D eigenvalue weighted by atomic mass is 35.5. The molecule has 0 aliphatic carbocycles. The summed E-state index contributed by atoms with van der Waals surface area (Å²) < 4.78 is 0. The molecule has 0 bridgehead atoms. The molecule has 1 atom stereocenters. The van der Waals surface area contributed by atoms with E-state index in [0.29, 0.717) is 22.0 Å². The lowest BCUT2D eigenvalue weighted by molar-refractivity contribution is -0.131. The van der Waals surface area contributed by atoms with Gasteiger partial charge in [0.25, 0.3) is 11.8 Å². The van der Waals surface area contributed by atoms with Gasteiger partial charge in [0, 0.05) is 5.57 Å². The Morgan fingerprint density at radius 1 is 1.32 bits per heavy atom. The number of hydrogen-bond donors (Lipinski definition) is 2. The molecule has 7 nitrogen and oxygen atoms in total. The quantitative estimate of drug-likeness (QED) is 0.475. The Labute approximate surface area is 150 Å². The number of allylic oxidation sites excluding steroid dienone is 1. The standard InChI is InChI=1S/C17H20ClN3O4/c1-9(2)12-8-15(22)21(17(12)24)11-5-6-13(18)14(7-11)19-10(3)16(23)20-25-4/h5-7,10,19H,8H2,1-4H3,(H,20,23). The monoisotopic (exact) mass is 365 g/mol. The molecule has 8 heteroatoms. The zero-order valence-corrected chi connectivity index (χ0v) is 15.2. The summed E-state index contributed by atoms with van der Waals surface area (Å²) in [7, 11) is 1.34. The third kappa shape index (κ3) is 4.00. The first-order chi connectivity index (χ1) is 11.8. The first kappa shape index (κ1) is 19.0. The van der Waals surface area contributed by atoms with Crippen LogP contribution in [0.4, 0.5) is 11.4 Å². The Kier molecular flexibility index (Phi) is 5.81. The molecule has 0 saturated carbocycles. The van der Waals surface area contributed by atoms with Gasteiger partial charge in [-0.1, -0.05) is 17.2 Å². The highest BCUT2D eigenvalue weighted by molar-refractivity contribution is 6.34. The number of anilines is 2. The molecule has 1 aromatic carbocycles. The van der Waals surface area contributed by atoms with Crippen LogP contribution >= 0.6 is 11.6 Å². The Morgan fingerprint density at radius 2 is 2.00 bits per heavy atom. The molecule has 3 amide bonds. The third-order valence-corrected chi connectivity index (χ3v) is 4.15. The summed E-state index contributed by atoms with van der Waals surface area (Å²) >= 11 is 6.16. The van der Waals surface area contributed by atoms with E-state index in [2.05, 4.69) is 15.6 Å². The number of nitrogens with one attached hydrogen (secondary N) is 2. The van der Waals surface area contributed by atoms with Gasteiger partial charge in [-0.25, -0.2) is 10.4 Å². The molecule has 25 heavy (non-hydrogen) atoms. The molecule has 1 aliphatic heterocycles. The fraction of sp³-hybridized carbons (Fsp3) is 0.353. The van der Waals surface area contributed by atoms with Crippen molar-refractivity contribution in [1.29, 1.82) is 0 Å². The molecule has 1 aromatic rings. The van der Waals surface area contributed by atoms with Crippen LogP contribution in [0.25, 0.3) is 0 Å². The summed E-state index contributed by atoms with van der Waals surface area (Å²) in [6.07, 6.45) is 0.0825. The maximum atomic E-state index is 12.5. The van der Waals surface area contributed by atoms with Crippen molar-refractivity contribution in [3.63, 3.8) is 0 Å². The largest absolute Gasteiger partial charge is 0.373 e. The number of rotatable bonds is 5. The van der Waals surface area contributed by atoms with E-state index in [4.69, 9.17) is 11.6 Å². The molecule has 1 aliphatic rings. The van der Waals surface area contributed by atoms with Crippen LogP contribution in [0.5, 0.6) is 0 Å². The first-order valence-corrected chi connectivity index (χ1v) is 8.06. The fourth-order valence-corrected chi connectivity index (χ4v) is 2.63. The molecule has 0 radical (unpaired) electrons. The van der Waals surface area contributed by atoms with Gasteiger partial charge in [-0.2, -0.15) is 0 Å². The number of imide groups is 1. The first-order valence-electron chi connectivity index (χ1n) is 7.68.